The Balaban J connectivity index is 1.73. The van der Waals surface area contributed by atoms with Gasteiger partial charge >= 0.3 is 6.03 Å². The molecular formula is C19H23Cl2N3O3. The number of halogens is 2. The summed E-state index contributed by atoms with van der Waals surface area (Å²) in [7, 11) is 0. The zero-order chi connectivity index (χ0) is 20.0. The van der Waals surface area contributed by atoms with E-state index >= 15 is 0 Å². The number of amides is 4. The van der Waals surface area contributed by atoms with Gasteiger partial charge in [-0.3, -0.25) is 14.5 Å². The zero-order valence-corrected chi connectivity index (χ0v) is 17.1. The maximum absolute atomic E-state index is 13.0. The number of carbonyl (C=O) groups is 3. The maximum atomic E-state index is 13.0. The quantitative estimate of drug-likeness (QED) is 0.735. The fraction of sp³-hybridized carbons (Fsp3) is 0.526. The van der Waals surface area contributed by atoms with Crippen molar-refractivity contribution in [2.45, 2.75) is 45.6 Å². The summed E-state index contributed by atoms with van der Waals surface area (Å²) in [4.78, 5) is 38.9. The van der Waals surface area contributed by atoms with Crippen molar-refractivity contribution in [2.75, 3.05) is 11.9 Å². The van der Waals surface area contributed by atoms with E-state index in [9.17, 15) is 14.4 Å². The van der Waals surface area contributed by atoms with Gasteiger partial charge in [0.2, 0.25) is 5.91 Å². The van der Waals surface area contributed by atoms with Crippen LogP contribution in [0.5, 0.6) is 0 Å². The van der Waals surface area contributed by atoms with E-state index in [2.05, 4.69) is 31.4 Å². The van der Waals surface area contributed by atoms with Gasteiger partial charge in [0.25, 0.3) is 5.91 Å². The molecule has 1 aliphatic carbocycles. The molecule has 2 N–H and O–H groups in total. The van der Waals surface area contributed by atoms with Crippen LogP contribution >= 0.6 is 23.2 Å². The summed E-state index contributed by atoms with van der Waals surface area (Å²) < 4.78 is 0. The van der Waals surface area contributed by atoms with Crippen molar-refractivity contribution in [2.24, 2.45) is 11.3 Å². The molecule has 0 aromatic heterocycles. The van der Waals surface area contributed by atoms with Crippen molar-refractivity contribution >= 4 is 46.7 Å². The Bertz CT molecular complexity index is 791. The summed E-state index contributed by atoms with van der Waals surface area (Å²) in [6.45, 7) is 5.93. The van der Waals surface area contributed by atoms with E-state index in [1.165, 1.54) is 0 Å². The summed E-state index contributed by atoms with van der Waals surface area (Å²) in [5.74, 6) is -0.510. The number of hydrogen-bond acceptors (Lipinski definition) is 3. The number of imide groups is 1. The summed E-state index contributed by atoms with van der Waals surface area (Å²) in [5.41, 5.74) is -0.569. The van der Waals surface area contributed by atoms with Gasteiger partial charge in [0.1, 0.15) is 12.1 Å². The Hall–Kier alpha value is -1.79. The molecule has 1 aromatic rings. The molecule has 1 aromatic carbocycles. The molecule has 0 unspecified atom stereocenters. The first-order valence-electron chi connectivity index (χ1n) is 8.90. The smallest absolute Gasteiger partial charge is 0.324 e. The lowest BCUT2D eigenvalue weighted by atomic mass is 9.64. The third-order valence-corrected chi connectivity index (χ3v) is 5.51. The van der Waals surface area contributed by atoms with Crippen LogP contribution in [0.3, 0.4) is 0 Å². The fourth-order valence-electron chi connectivity index (χ4n) is 4.62. The number of carbonyl (C=O) groups excluding carboxylic acids is 3. The van der Waals surface area contributed by atoms with E-state index in [1.54, 1.807) is 18.2 Å². The first-order chi connectivity index (χ1) is 12.5. The fourth-order valence-corrected chi connectivity index (χ4v) is 5.15. The summed E-state index contributed by atoms with van der Waals surface area (Å²) in [5, 5.41) is 6.24. The normalized spacial score (nSPS) is 27.0. The monoisotopic (exact) mass is 411 g/mol. The number of benzene rings is 1. The van der Waals surface area contributed by atoms with E-state index in [4.69, 9.17) is 23.2 Å². The number of nitrogens with zero attached hydrogens (tertiary/aromatic N) is 1. The minimum Gasteiger partial charge on any atom is -0.324 e. The molecule has 8 heteroatoms. The molecule has 27 heavy (non-hydrogen) atoms. The lowest BCUT2D eigenvalue weighted by Crippen LogP contribution is -2.54. The van der Waals surface area contributed by atoms with Crippen molar-refractivity contribution in [3.05, 3.63) is 28.2 Å². The van der Waals surface area contributed by atoms with E-state index in [-0.39, 0.29) is 17.9 Å². The molecule has 0 bridgehead atoms. The molecule has 2 aliphatic rings. The van der Waals surface area contributed by atoms with Crippen LogP contribution in [0.15, 0.2) is 18.2 Å². The highest BCUT2D eigenvalue weighted by Gasteiger charge is 2.56. The number of urea groups is 1. The topological polar surface area (TPSA) is 78.5 Å². The number of anilines is 1. The van der Waals surface area contributed by atoms with E-state index < -0.39 is 17.5 Å². The number of hydrogen-bond donors (Lipinski definition) is 2. The molecule has 146 valence electrons. The van der Waals surface area contributed by atoms with Crippen molar-refractivity contribution in [3.8, 4) is 0 Å². The predicted molar refractivity (Wildman–Crippen MR) is 105 cm³/mol. The van der Waals surface area contributed by atoms with Gasteiger partial charge in [-0.15, -0.1) is 0 Å². The van der Waals surface area contributed by atoms with Crippen molar-refractivity contribution in [1.82, 2.24) is 10.2 Å². The Labute approximate surface area is 168 Å². The first-order valence-corrected chi connectivity index (χ1v) is 9.65. The SMILES string of the molecule is C[C@H]1CC(C)(C)C[C@]2(C1)NC(=O)N(CC(=O)Nc1cc(Cl)cc(Cl)c1)C2=O. The van der Waals surface area contributed by atoms with Crippen LogP contribution in [0.2, 0.25) is 10.0 Å². The molecule has 1 heterocycles. The van der Waals surface area contributed by atoms with E-state index in [0.29, 0.717) is 34.5 Å². The predicted octanol–water partition coefficient (Wildman–Crippen LogP) is 4.07. The standard InChI is InChI=1S/C19H23Cl2N3O3/c1-11-7-18(2,3)10-19(8-11)16(26)24(17(27)23-19)9-15(25)22-14-5-12(20)4-13(21)6-14/h4-6,11H,7-10H2,1-3H3,(H,22,25)(H,23,27)/t11-,19-/m0/s1. The van der Waals surface area contributed by atoms with Gasteiger partial charge in [-0.1, -0.05) is 44.0 Å². The molecule has 4 amide bonds. The van der Waals surface area contributed by atoms with Crippen LogP contribution in [0.1, 0.15) is 40.0 Å². The van der Waals surface area contributed by atoms with Crippen LogP contribution in [0.25, 0.3) is 0 Å². The van der Waals surface area contributed by atoms with Crippen LogP contribution < -0.4 is 10.6 Å². The minimum absolute atomic E-state index is 0.0591. The Kier molecular flexibility index (Phi) is 5.16. The second kappa shape index (κ2) is 6.99. The number of nitrogens with one attached hydrogen (secondary N) is 2. The lowest BCUT2D eigenvalue weighted by molar-refractivity contribution is -0.136. The van der Waals surface area contributed by atoms with E-state index in [1.807, 2.05) is 0 Å². The number of rotatable bonds is 3. The Morgan fingerprint density at radius 2 is 1.85 bits per heavy atom. The van der Waals surface area contributed by atoms with Gasteiger partial charge in [-0.2, -0.15) is 0 Å². The second-order valence-electron chi connectivity index (χ2n) is 8.46. The highest BCUT2D eigenvalue weighted by molar-refractivity contribution is 6.35. The van der Waals surface area contributed by atoms with Crippen LogP contribution in [-0.2, 0) is 9.59 Å². The van der Waals surface area contributed by atoms with Crippen molar-refractivity contribution in [1.29, 1.82) is 0 Å². The average Bonchev–Trinajstić information content (AvgIpc) is 2.67. The van der Waals surface area contributed by atoms with Crippen LogP contribution in [0.4, 0.5) is 10.5 Å². The summed E-state index contributed by atoms with van der Waals surface area (Å²) in [6, 6.07) is 4.12. The molecule has 3 rings (SSSR count). The molecule has 1 saturated heterocycles. The highest BCUT2D eigenvalue weighted by Crippen LogP contribution is 2.46. The molecular weight excluding hydrogens is 389 g/mol. The van der Waals surface area contributed by atoms with Gasteiger partial charge in [0, 0.05) is 15.7 Å². The largest absolute Gasteiger partial charge is 0.325 e. The zero-order valence-electron chi connectivity index (χ0n) is 15.6. The van der Waals surface area contributed by atoms with Gasteiger partial charge in [-0.05, 0) is 48.8 Å². The van der Waals surface area contributed by atoms with Crippen LogP contribution in [0, 0.1) is 11.3 Å². The molecule has 1 aliphatic heterocycles. The van der Waals surface area contributed by atoms with Gasteiger partial charge in [0.05, 0.1) is 0 Å². The molecule has 2 atom stereocenters. The lowest BCUT2D eigenvalue weighted by Gasteiger charge is -2.43. The molecule has 6 nitrogen and oxygen atoms in total. The van der Waals surface area contributed by atoms with Gasteiger partial charge < -0.3 is 10.6 Å². The third kappa shape index (κ3) is 4.22. The Morgan fingerprint density at radius 1 is 1.22 bits per heavy atom. The Morgan fingerprint density at radius 3 is 2.44 bits per heavy atom. The molecule has 1 spiro atoms. The summed E-state index contributed by atoms with van der Waals surface area (Å²) in [6.07, 6.45) is 2.15. The minimum atomic E-state index is -0.919. The van der Waals surface area contributed by atoms with E-state index in [0.717, 1.165) is 11.3 Å². The summed E-state index contributed by atoms with van der Waals surface area (Å²) >= 11 is 11.8. The van der Waals surface area contributed by atoms with Crippen LogP contribution in [-0.4, -0.2) is 34.8 Å². The van der Waals surface area contributed by atoms with Crippen molar-refractivity contribution in [3.63, 3.8) is 0 Å². The van der Waals surface area contributed by atoms with Gasteiger partial charge in [-0.25, -0.2) is 4.79 Å². The molecule has 1 saturated carbocycles. The molecule has 2 fully saturated rings. The highest BCUT2D eigenvalue weighted by atomic mass is 35.5. The third-order valence-electron chi connectivity index (χ3n) is 5.07. The second-order valence-corrected chi connectivity index (χ2v) is 9.34. The maximum Gasteiger partial charge on any atom is 0.325 e. The average molecular weight is 412 g/mol. The molecule has 0 radical (unpaired) electrons. The van der Waals surface area contributed by atoms with Gasteiger partial charge in [0.15, 0.2) is 0 Å². The van der Waals surface area contributed by atoms with Crippen molar-refractivity contribution < 1.29 is 14.4 Å². The first kappa shape index (κ1) is 20.0.